The average Bonchev–Trinajstić information content (AvgIpc) is 2.28. The van der Waals surface area contributed by atoms with Gasteiger partial charge >= 0.3 is 5.97 Å². The zero-order chi connectivity index (χ0) is 14.6. The average molecular weight is 379 g/mol. The molecule has 1 aromatic carbocycles. The van der Waals surface area contributed by atoms with Gasteiger partial charge in [0.2, 0.25) is 0 Å². The van der Waals surface area contributed by atoms with Crippen LogP contribution in [0.1, 0.15) is 30.6 Å². The molecule has 0 fully saturated rings. The monoisotopic (exact) mass is 379 g/mol. The summed E-state index contributed by atoms with van der Waals surface area (Å²) in [5.41, 5.74) is -0.924. The number of halogens is 2. The number of aliphatic carboxylic acids is 1. The largest absolute Gasteiger partial charge is 0.481 e. The van der Waals surface area contributed by atoms with Gasteiger partial charge in [0.1, 0.15) is 5.82 Å². The Balaban J connectivity index is 2.65. The molecule has 0 saturated carbocycles. The van der Waals surface area contributed by atoms with Crippen molar-refractivity contribution in [3.8, 4) is 0 Å². The molecule has 6 heteroatoms. The van der Waals surface area contributed by atoms with Crippen molar-refractivity contribution in [2.24, 2.45) is 5.41 Å². The quantitative estimate of drug-likeness (QED) is 0.774. The molecular weight excluding hydrogens is 364 g/mol. The first kappa shape index (κ1) is 15.9. The fourth-order valence-corrected chi connectivity index (χ4v) is 2.11. The van der Waals surface area contributed by atoms with Gasteiger partial charge in [-0.3, -0.25) is 9.59 Å². The second-order valence-corrected chi connectivity index (χ2v) is 5.95. The Hall–Kier alpha value is -1.18. The standard InChI is InChI=1S/C13H15FINO3/c1-13(2,12(18)19)6-7-16-11(17)10-8(14)4-3-5-9(10)15/h3-5H,6-7H2,1-2H3,(H,16,17)(H,18,19). The summed E-state index contributed by atoms with van der Waals surface area (Å²) in [6, 6.07) is 4.39. The van der Waals surface area contributed by atoms with Crippen LogP contribution < -0.4 is 5.32 Å². The second kappa shape index (κ2) is 6.31. The number of carbonyl (C=O) groups excluding carboxylic acids is 1. The summed E-state index contributed by atoms with van der Waals surface area (Å²) < 4.78 is 14.1. The van der Waals surface area contributed by atoms with E-state index in [-0.39, 0.29) is 18.5 Å². The summed E-state index contributed by atoms with van der Waals surface area (Å²) in [5.74, 6) is -2.03. The first-order chi connectivity index (χ1) is 8.75. The third-order valence-electron chi connectivity index (χ3n) is 2.80. The number of carboxylic acid groups (broad SMARTS) is 1. The van der Waals surface area contributed by atoms with Gasteiger partial charge in [0, 0.05) is 10.1 Å². The summed E-state index contributed by atoms with van der Waals surface area (Å²) in [6.45, 7) is 3.34. The molecule has 0 aliphatic rings. The molecule has 4 nitrogen and oxygen atoms in total. The van der Waals surface area contributed by atoms with Crippen molar-refractivity contribution < 1.29 is 19.1 Å². The van der Waals surface area contributed by atoms with E-state index in [1.165, 1.54) is 12.1 Å². The van der Waals surface area contributed by atoms with Crippen LogP contribution in [0, 0.1) is 14.8 Å². The van der Waals surface area contributed by atoms with E-state index >= 15 is 0 Å². The van der Waals surface area contributed by atoms with Gasteiger partial charge in [0.15, 0.2) is 0 Å². The molecule has 0 atom stereocenters. The number of nitrogens with one attached hydrogen (secondary N) is 1. The molecule has 0 aliphatic carbocycles. The molecule has 2 N–H and O–H groups in total. The maximum atomic E-state index is 13.5. The van der Waals surface area contributed by atoms with Crippen molar-refractivity contribution in [1.82, 2.24) is 5.32 Å². The highest BCUT2D eigenvalue weighted by atomic mass is 127. The van der Waals surface area contributed by atoms with E-state index in [1.807, 2.05) is 22.6 Å². The van der Waals surface area contributed by atoms with Gasteiger partial charge in [-0.05, 0) is 55.0 Å². The van der Waals surface area contributed by atoms with Crippen LogP contribution in [0.5, 0.6) is 0 Å². The number of hydrogen-bond donors (Lipinski definition) is 2. The van der Waals surface area contributed by atoms with Crippen LogP contribution in [0.2, 0.25) is 0 Å². The lowest BCUT2D eigenvalue weighted by molar-refractivity contribution is -0.147. The molecule has 1 rings (SSSR count). The van der Waals surface area contributed by atoms with Gasteiger partial charge in [-0.15, -0.1) is 0 Å². The van der Waals surface area contributed by atoms with Crippen molar-refractivity contribution in [2.45, 2.75) is 20.3 Å². The highest BCUT2D eigenvalue weighted by Crippen LogP contribution is 2.20. The highest BCUT2D eigenvalue weighted by Gasteiger charge is 2.27. The Bertz CT molecular complexity index is 482. The fourth-order valence-electron chi connectivity index (χ4n) is 1.40. The normalized spacial score (nSPS) is 11.2. The van der Waals surface area contributed by atoms with Gasteiger partial charge in [-0.2, -0.15) is 0 Å². The van der Waals surface area contributed by atoms with Crippen LogP contribution >= 0.6 is 22.6 Å². The molecule has 0 bridgehead atoms. The summed E-state index contributed by atoms with van der Waals surface area (Å²) in [7, 11) is 0. The minimum atomic E-state index is -0.928. The molecule has 0 heterocycles. The van der Waals surface area contributed by atoms with E-state index in [4.69, 9.17) is 5.11 Å². The number of rotatable bonds is 5. The third-order valence-corrected chi connectivity index (χ3v) is 3.70. The van der Waals surface area contributed by atoms with Gasteiger partial charge in [-0.1, -0.05) is 6.07 Å². The maximum absolute atomic E-state index is 13.5. The van der Waals surface area contributed by atoms with Crippen molar-refractivity contribution in [2.75, 3.05) is 6.54 Å². The van der Waals surface area contributed by atoms with E-state index in [2.05, 4.69) is 5.32 Å². The summed E-state index contributed by atoms with van der Waals surface area (Å²) in [5, 5.41) is 11.5. The second-order valence-electron chi connectivity index (χ2n) is 4.79. The summed E-state index contributed by atoms with van der Waals surface area (Å²) in [4.78, 5) is 22.7. The van der Waals surface area contributed by atoms with Crippen molar-refractivity contribution in [1.29, 1.82) is 0 Å². The fraction of sp³-hybridized carbons (Fsp3) is 0.385. The Morgan fingerprint density at radius 2 is 2.05 bits per heavy atom. The zero-order valence-corrected chi connectivity index (χ0v) is 12.8. The molecule has 0 saturated heterocycles. The van der Waals surface area contributed by atoms with Crippen LogP contribution in [0.4, 0.5) is 4.39 Å². The number of carboxylic acids is 1. The lowest BCUT2D eigenvalue weighted by Gasteiger charge is -2.19. The van der Waals surface area contributed by atoms with Gasteiger partial charge < -0.3 is 10.4 Å². The smallest absolute Gasteiger partial charge is 0.309 e. The number of amides is 1. The van der Waals surface area contributed by atoms with Crippen LogP contribution in [0.25, 0.3) is 0 Å². The molecule has 0 spiro atoms. The Morgan fingerprint density at radius 3 is 2.58 bits per heavy atom. The summed E-state index contributed by atoms with van der Waals surface area (Å²) >= 11 is 1.88. The SMILES string of the molecule is CC(C)(CCNC(=O)c1c(F)cccc1I)C(=O)O. The van der Waals surface area contributed by atoms with E-state index in [1.54, 1.807) is 19.9 Å². The molecule has 19 heavy (non-hydrogen) atoms. The third kappa shape index (κ3) is 4.15. The van der Waals surface area contributed by atoms with Crippen LogP contribution in [-0.2, 0) is 4.79 Å². The van der Waals surface area contributed by atoms with E-state index < -0.39 is 23.1 Å². The van der Waals surface area contributed by atoms with E-state index in [0.29, 0.717) is 3.57 Å². The van der Waals surface area contributed by atoms with Gasteiger partial charge in [0.05, 0.1) is 11.0 Å². The number of carbonyl (C=O) groups is 2. The predicted octanol–water partition coefficient (Wildman–Crippen LogP) is 2.66. The lowest BCUT2D eigenvalue weighted by atomic mass is 9.90. The van der Waals surface area contributed by atoms with Gasteiger partial charge in [0.25, 0.3) is 5.91 Å². The predicted molar refractivity (Wildman–Crippen MR) is 77.5 cm³/mol. The first-order valence-electron chi connectivity index (χ1n) is 5.71. The van der Waals surface area contributed by atoms with E-state index in [9.17, 15) is 14.0 Å². The van der Waals surface area contributed by atoms with Crippen molar-refractivity contribution in [3.05, 3.63) is 33.1 Å². The maximum Gasteiger partial charge on any atom is 0.309 e. The molecule has 0 aromatic heterocycles. The molecule has 1 amide bonds. The minimum absolute atomic E-state index is 0.00349. The molecule has 0 unspecified atom stereocenters. The van der Waals surface area contributed by atoms with Crippen LogP contribution in [0.3, 0.4) is 0 Å². The van der Waals surface area contributed by atoms with Crippen molar-refractivity contribution >= 4 is 34.5 Å². The Labute approximate surface area is 124 Å². The minimum Gasteiger partial charge on any atom is -0.481 e. The Kier molecular flexibility index (Phi) is 5.28. The molecule has 0 aliphatic heterocycles. The first-order valence-corrected chi connectivity index (χ1v) is 6.79. The highest BCUT2D eigenvalue weighted by molar-refractivity contribution is 14.1. The molecule has 104 valence electrons. The van der Waals surface area contributed by atoms with Crippen LogP contribution in [0.15, 0.2) is 18.2 Å². The van der Waals surface area contributed by atoms with Crippen LogP contribution in [-0.4, -0.2) is 23.5 Å². The van der Waals surface area contributed by atoms with Gasteiger partial charge in [-0.25, -0.2) is 4.39 Å². The molecular formula is C13H15FINO3. The number of hydrogen-bond acceptors (Lipinski definition) is 2. The van der Waals surface area contributed by atoms with Crippen molar-refractivity contribution in [3.63, 3.8) is 0 Å². The molecule has 0 radical (unpaired) electrons. The lowest BCUT2D eigenvalue weighted by Crippen LogP contribution is -2.32. The summed E-state index contributed by atoms with van der Waals surface area (Å²) in [6.07, 6.45) is 0.277. The Morgan fingerprint density at radius 1 is 1.42 bits per heavy atom. The molecule has 1 aromatic rings. The topological polar surface area (TPSA) is 66.4 Å². The van der Waals surface area contributed by atoms with E-state index in [0.717, 1.165) is 0 Å². The zero-order valence-electron chi connectivity index (χ0n) is 10.7. The number of benzene rings is 1.